The molecule has 76 valence electrons. The summed E-state index contributed by atoms with van der Waals surface area (Å²) < 4.78 is 5.53. The van der Waals surface area contributed by atoms with E-state index in [9.17, 15) is 0 Å². The summed E-state index contributed by atoms with van der Waals surface area (Å²) in [5.74, 6) is 0. The average molecular weight is 214 g/mol. The number of morpholine rings is 1. The van der Waals surface area contributed by atoms with Crippen molar-refractivity contribution in [2.45, 2.75) is 6.10 Å². The van der Waals surface area contributed by atoms with Crippen LogP contribution in [0.5, 0.6) is 0 Å². The molecule has 0 bridgehead atoms. The maximum absolute atomic E-state index is 5.80. The van der Waals surface area contributed by atoms with E-state index in [1.807, 2.05) is 0 Å². The molecular formula is C9H12ClN3O. The number of aromatic nitrogens is 1. The highest BCUT2D eigenvalue weighted by Gasteiger charge is 2.17. The standard InChI is InChI=1S/C9H12ClN3O/c10-9-4-6(11)3-7(13-9)8-5-12-1-2-14-8/h3-4,8,12H,1-2,5H2,(H2,11,13). The summed E-state index contributed by atoms with van der Waals surface area (Å²) in [7, 11) is 0. The van der Waals surface area contributed by atoms with E-state index in [1.165, 1.54) is 0 Å². The Morgan fingerprint density at radius 2 is 2.43 bits per heavy atom. The molecule has 2 rings (SSSR count). The van der Waals surface area contributed by atoms with Crippen LogP contribution >= 0.6 is 11.6 Å². The number of nitrogens with zero attached hydrogens (tertiary/aromatic N) is 1. The molecule has 3 N–H and O–H groups in total. The Hall–Kier alpha value is -0.840. The van der Waals surface area contributed by atoms with Gasteiger partial charge >= 0.3 is 0 Å². The zero-order valence-corrected chi connectivity index (χ0v) is 8.42. The van der Waals surface area contributed by atoms with Crippen LogP contribution < -0.4 is 11.1 Å². The first-order valence-corrected chi connectivity index (χ1v) is 4.89. The maximum atomic E-state index is 5.80. The van der Waals surface area contributed by atoms with Crippen LogP contribution in [-0.2, 0) is 4.74 Å². The van der Waals surface area contributed by atoms with Crippen LogP contribution in [0.4, 0.5) is 5.69 Å². The first kappa shape index (κ1) is 9.71. The van der Waals surface area contributed by atoms with Gasteiger partial charge in [-0.05, 0) is 12.1 Å². The van der Waals surface area contributed by atoms with Crippen molar-refractivity contribution in [3.8, 4) is 0 Å². The number of pyridine rings is 1. The molecule has 0 saturated carbocycles. The fraction of sp³-hybridized carbons (Fsp3) is 0.444. The van der Waals surface area contributed by atoms with Gasteiger partial charge in [0, 0.05) is 18.8 Å². The van der Waals surface area contributed by atoms with Crippen LogP contribution in [0.3, 0.4) is 0 Å². The fourth-order valence-electron chi connectivity index (χ4n) is 1.46. The molecule has 1 unspecified atom stereocenters. The third-order valence-corrected chi connectivity index (χ3v) is 2.29. The van der Waals surface area contributed by atoms with Gasteiger partial charge in [0.1, 0.15) is 11.3 Å². The smallest absolute Gasteiger partial charge is 0.131 e. The predicted molar refractivity (Wildman–Crippen MR) is 55.2 cm³/mol. The Bertz CT molecular complexity index is 306. The highest BCUT2D eigenvalue weighted by molar-refractivity contribution is 6.29. The number of halogens is 1. The lowest BCUT2D eigenvalue weighted by atomic mass is 10.2. The highest BCUT2D eigenvalue weighted by Crippen LogP contribution is 2.21. The van der Waals surface area contributed by atoms with Gasteiger partial charge in [-0.1, -0.05) is 11.6 Å². The zero-order valence-electron chi connectivity index (χ0n) is 7.66. The van der Waals surface area contributed by atoms with Crippen molar-refractivity contribution in [1.82, 2.24) is 10.3 Å². The van der Waals surface area contributed by atoms with Crippen LogP contribution in [0.2, 0.25) is 5.15 Å². The van der Waals surface area contributed by atoms with Gasteiger partial charge in [0.2, 0.25) is 0 Å². The molecule has 1 aliphatic rings. The lowest BCUT2D eigenvalue weighted by molar-refractivity contribution is 0.0251. The molecule has 0 aliphatic carbocycles. The molecule has 0 aromatic carbocycles. The number of rotatable bonds is 1. The molecule has 0 radical (unpaired) electrons. The first-order chi connectivity index (χ1) is 6.75. The second-order valence-electron chi connectivity index (χ2n) is 3.21. The SMILES string of the molecule is Nc1cc(Cl)nc(C2CNCCO2)c1. The van der Waals surface area contributed by atoms with E-state index in [4.69, 9.17) is 22.1 Å². The van der Waals surface area contributed by atoms with Gasteiger partial charge in [0.15, 0.2) is 0 Å². The van der Waals surface area contributed by atoms with E-state index in [-0.39, 0.29) is 6.10 Å². The molecule has 1 atom stereocenters. The molecule has 0 amide bonds. The maximum Gasteiger partial charge on any atom is 0.131 e. The van der Waals surface area contributed by atoms with Gasteiger partial charge in [-0.2, -0.15) is 0 Å². The topological polar surface area (TPSA) is 60.2 Å². The van der Waals surface area contributed by atoms with Crippen LogP contribution in [-0.4, -0.2) is 24.7 Å². The molecule has 1 saturated heterocycles. The van der Waals surface area contributed by atoms with Gasteiger partial charge in [0.05, 0.1) is 12.3 Å². The van der Waals surface area contributed by atoms with Gasteiger partial charge < -0.3 is 15.8 Å². The van der Waals surface area contributed by atoms with Crippen LogP contribution in [0.1, 0.15) is 11.8 Å². The number of anilines is 1. The van der Waals surface area contributed by atoms with E-state index < -0.39 is 0 Å². The summed E-state index contributed by atoms with van der Waals surface area (Å²) in [5, 5.41) is 3.63. The quantitative estimate of drug-likeness (QED) is 0.683. The largest absolute Gasteiger partial charge is 0.399 e. The van der Waals surface area contributed by atoms with Crippen molar-refractivity contribution < 1.29 is 4.74 Å². The monoisotopic (exact) mass is 213 g/mol. The van der Waals surface area contributed by atoms with E-state index in [1.54, 1.807) is 12.1 Å². The number of hydrogen-bond acceptors (Lipinski definition) is 4. The number of nitrogens with one attached hydrogen (secondary N) is 1. The van der Waals surface area contributed by atoms with Gasteiger partial charge in [-0.25, -0.2) is 4.98 Å². The number of hydrogen-bond donors (Lipinski definition) is 2. The predicted octanol–water partition coefficient (Wildman–Crippen LogP) is 0.978. The van der Waals surface area contributed by atoms with Crippen LogP contribution in [0.15, 0.2) is 12.1 Å². The second kappa shape index (κ2) is 4.13. The Labute approximate surface area is 87.4 Å². The summed E-state index contributed by atoms with van der Waals surface area (Å²) in [6.07, 6.45) is -0.0373. The third-order valence-electron chi connectivity index (χ3n) is 2.09. The fourth-order valence-corrected chi connectivity index (χ4v) is 1.68. The molecule has 0 spiro atoms. The normalized spacial score (nSPS) is 22.2. The molecule has 1 fully saturated rings. The van der Waals surface area contributed by atoms with Crippen molar-refractivity contribution in [3.63, 3.8) is 0 Å². The summed E-state index contributed by atoms with van der Waals surface area (Å²) in [5.41, 5.74) is 7.08. The molecule has 1 aromatic rings. The molecule has 1 aromatic heterocycles. The minimum absolute atomic E-state index is 0.0373. The van der Waals surface area contributed by atoms with Crippen molar-refractivity contribution >= 4 is 17.3 Å². The molecule has 4 nitrogen and oxygen atoms in total. The van der Waals surface area contributed by atoms with Gasteiger partial charge in [-0.3, -0.25) is 0 Å². The molecule has 14 heavy (non-hydrogen) atoms. The summed E-state index contributed by atoms with van der Waals surface area (Å²) in [6, 6.07) is 3.42. The van der Waals surface area contributed by atoms with Crippen LogP contribution in [0.25, 0.3) is 0 Å². The Balaban J connectivity index is 2.21. The Kier molecular flexibility index (Phi) is 2.86. The summed E-state index contributed by atoms with van der Waals surface area (Å²) >= 11 is 5.80. The number of ether oxygens (including phenoxy) is 1. The molecule has 2 heterocycles. The van der Waals surface area contributed by atoms with E-state index >= 15 is 0 Å². The third kappa shape index (κ3) is 2.15. The molecular weight excluding hydrogens is 202 g/mol. The summed E-state index contributed by atoms with van der Waals surface area (Å²) in [4.78, 5) is 4.18. The van der Waals surface area contributed by atoms with Gasteiger partial charge in [-0.15, -0.1) is 0 Å². The van der Waals surface area contributed by atoms with E-state index in [2.05, 4.69) is 10.3 Å². The average Bonchev–Trinajstić information content (AvgIpc) is 2.18. The van der Waals surface area contributed by atoms with Crippen molar-refractivity contribution in [3.05, 3.63) is 23.0 Å². The molecule has 5 heteroatoms. The lowest BCUT2D eigenvalue weighted by Gasteiger charge is -2.23. The van der Waals surface area contributed by atoms with Crippen LogP contribution in [0, 0.1) is 0 Å². The minimum Gasteiger partial charge on any atom is -0.399 e. The van der Waals surface area contributed by atoms with Crippen molar-refractivity contribution in [1.29, 1.82) is 0 Å². The van der Waals surface area contributed by atoms with Crippen molar-refractivity contribution in [2.24, 2.45) is 0 Å². The Morgan fingerprint density at radius 1 is 1.57 bits per heavy atom. The highest BCUT2D eigenvalue weighted by atomic mass is 35.5. The Morgan fingerprint density at radius 3 is 3.07 bits per heavy atom. The second-order valence-corrected chi connectivity index (χ2v) is 3.60. The summed E-state index contributed by atoms with van der Waals surface area (Å²) in [6.45, 7) is 2.33. The van der Waals surface area contributed by atoms with Crippen molar-refractivity contribution in [2.75, 3.05) is 25.4 Å². The van der Waals surface area contributed by atoms with E-state index in [0.717, 1.165) is 18.8 Å². The van der Waals surface area contributed by atoms with E-state index in [0.29, 0.717) is 17.4 Å². The lowest BCUT2D eigenvalue weighted by Crippen LogP contribution is -2.33. The number of nitrogen functional groups attached to an aromatic ring is 1. The minimum atomic E-state index is -0.0373. The number of nitrogens with two attached hydrogens (primary N) is 1. The molecule has 1 aliphatic heterocycles. The first-order valence-electron chi connectivity index (χ1n) is 4.51. The zero-order chi connectivity index (χ0) is 9.97. The van der Waals surface area contributed by atoms with Gasteiger partial charge in [0.25, 0.3) is 0 Å².